The lowest BCUT2D eigenvalue weighted by molar-refractivity contribution is -0.00469. The minimum atomic E-state index is -0.187. The number of rotatable bonds is 3. The summed E-state index contributed by atoms with van der Waals surface area (Å²) in [6.07, 6.45) is 2.12. The highest BCUT2D eigenvalue weighted by molar-refractivity contribution is 5.57. The minimum Gasteiger partial charge on any atom is -0.377 e. The van der Waals surface area contributed by atoms with Crippen molar-refractivity contribution >= 4 is 5.69 Å². The summed E-state index contributed by atoms with van der Waals surface area (Å²) < 4.78 is 19.4. The van der Waals surface area contributed by atoms with E-state index >= 15 is 0 Å². The molecule has 0 bridgehead atoms. The molecule has 0 saturated carbocycles. The van der Waals surface area contributed by atoms with Crippen LogP contribution in [0.2, 0.25) is 0 Å². The first-order valence-electron chi connectivity index (χ1n) is 7.22. The predicted molar refractivity (Wildman–Crippen MR) is 80.6 cm³/mol. The summed E-state index contributed by atoms with van der Waals surface area (Å²) in [5, 5.41) is 0. The van der Waals surface area contributed by atoms with Crippen LogP contribution in [-0.4, -0.2) is 25.8 Å². The van der Waals surface area contributed by atoms with Crippen LogP contribution in [0, 0.1) is 12.7 Å². The zero-order valence-electron chi connectivity index (χ0n) is 12.9. The summed E-state index contributed by atoms with van der Waals surface area (Å²) in [5.41, 5.74) is 8.45. The molecule has 0 spiro atoms. The summed E-state index contributed by atoms with van der Waals surface area (Å²) in [6.45, 7) is 7.59. The second kappa shape index (κ2) is 5.70. The van der Waals surface area contributed by atoms with E-state index in [4.69, 9.17) is 10.5 Å². The van der Waals surface area contributed by atoms with Crippen LogP contribution in [0.1, 0.15) is 43.9 Å². The van der Waals surface area contributed by atoms with Crippen molar-refractivity contribution in [2.75, 3.05) is 25.1 Å². The van der Waals surface area contributed by atoms with Gasteiger partial charge in [-0.05, 0) is 56.9 Å². The van der Waals surface area contributed by atoms with Gasteiger partial charge in [-0.25, -0.2) is 4.39 Å². The monoisotopic (exact) mass is 280 g/mol. The molecule has 1 aromatic rings. The molecule has 1 aromatic carbocycles. The first-order valence-corrected chi connectivity index (χ1v) is 7.22. The Hall–Kier alpha value is -1.13. The quantitative estimate of drug-likeness (QED) is 0.924. The molecule has 1 saturated heterocycles. The molecule has 0 aromatic heterocycles. The third-order valence-electron chi connectivity index (χ3n) is 4.29. The summed E-state index contributed by atoms with van der Waals surface area (Å²) in [6, 6.07) is 3.31. The summed E-state index contributed by atoms with van der Waals surface area (Å²) in [4.78, 5) is 2.28. The highest BCUT2D eigenvalue weighted by Crippen LogP contribution is 2.33. The van der Waals surface area contributed by atoms with Crippen molar-refractivity contribution in [1.82, 2.24) is 0 Å². The molecule has 2 N–H and O–H groups in total. The van der Waals surface area contributed by atoms with E-state index in [1.54, 1.807) is 20.1 Å². The van der Waals surface area contributed by atoms with Crippen LogP contribution in [0.5, 0.6) is 0 Å². The number of benzene rings is 1. The van der Waals surface area contributed by atoms with Crippen LogP contribution >= 0.6 is 0 Å². The van der Waals surface area contributed by atoms with Gasteiger partial charge in [-0.3, -0.25) is 0 Å². The lowest BCUT2D eigenvalue weighted by Gasteiger charge is -2.41. The van der Waals surface area contributed by atoms with E-state index < -0.39 is 0 Å². The van der Waals surface area contributed by atoms with Crippen molar-refractivity contribution in [2.45, 2.75) is 45.3 Å². The van der Waals surface area contributed by atoms with Crippen LogP contribution < -0.4 is 10.6 Å². The van der Waals surface area contributed by atoms with E-state index in [0.717, 1.165) is 37.2 Å². The molecular formula is C16H25FN2O. The molecule has 1 fully saturated rings. The highest BCUT2D eigenvalue weighted by atomic mass is 19.1. The third kappa shape index (κ3) is 2.96. The van der Waals surface area contributed by atoms with Gasteiger partial charge in [-0.2, -0.15) is 0 Å². The van der Waals surface area contributed by atoms with Crippen molar-refractivity contribution in [3.05, 3.63) is 29.1 Å². The lowest BCUT2D eigenvalue weighted by Crippen LogP contribution is -2.47. The van der Waals surface area contributed by atoms with E-state index in [1.807, 2.05) is 13.0 Å². The fourth-order valence-electron chi connectivity index (χ4n) is 2.90. The fraction of sp³-hybridized carbons (Fsp3) is 0.625. The van der Waals surface area contributed by atoms with Crippen LogP contribution in [0.25, 0.3) is 0 Å². The van der Waals surface area contributed by atoms with Crippen LogP contribution in [-0.2, 0) is 4.74 Å². The molecule has 1 heterocycles. The summed E-state index contributed by atoms with van der Waals surface area (Å²) in [5.74, 6) is -0.187. The number of ether oxygens (including phenoxy) is 1. The molecule has 1 unspecified atom stereocenters. The largest absolute Gasteiger partial charge is 0.377 e. The molecule has 1 aliphatic heterocycles. The zero-order chi connectivity index (χ0) is 14.9. The molecular weight excluding hydrogens is 255 g/mol. The van der Waals surface area contributed by atoms with Gasteiger partial charge >= 0.3 is 0 Å². The van der Waals surface area contributed by atoms with Gasteiger partial charge < -0.3 is 15.4 Å². The number of halogens is 1. The third-order valence-corrected chi connectivity index (χ3v) is 4.29. The van der Waals surface area contributed by atoms with Crippen LogP contribution in [0.3, 0.4) is 0 Å². The van der Waals surface area contributed by atoms with E-state index in [1.165, 1.54) is 0 Å². The van der Waals surface area contributed by atoms with Crippen molar-refractivity contribution in [1.29, 1.82) is 0 Å². The van der Waals surface area contributed by atoms with Gasteiger partial charge in [0.1, 0.15) is 5.82 Å². The van der Waals surface area contributed by atoms with Gasteiger partial charge in [0.05, 0.1) is 5.60 Å². The topological polar surface area (TPSA) is 38.5 Å². The second-order valence-corrected chi connectivity index (χ2v) is 6.13. The molecule has 112 valence electrons. The van der Waals surface area contributed by atoms with Gasteiger partial charge in [0.25, 0.3) is 0 Å². The Kier molecular flexibility index (Phi) is 4.35. The SMILES string of the molecule is COC1(C)CCCN(c2cc(C)c(F)cc2[C@H](C)N)C1. The Morgan fingerprint density at radius 3 is 2.75 bits per heavy atom. The average molecular weight is 280 g/mol. The number of nitrogens with zero attached hydrogens (tertiary/aromatic N) is 1. The Labute approximate surface area is 120 Å². The Balaban J connectivity index is 2.38. The first-order chi connectivity index (χ1) is 9.36. The lowest BCUT2D eigenvalue weighted by atomic mass is 9.93. The number of hydrogen-bond acceptors (Lipinski definition) is 3. The number of hydrogen-bond donors (Lipinski definition) is 1. The smallest absolute Gasteiger partial charge is 0.126 e. The summed E-state index contributed by atoms with van der Waals surface area (Å²) in [7, 11) is 1.76. The molecule has 3 nitrogen and oxygen atoms in total. The van der Waals surface area contributed by atoms with Gasteiger partial charge in [-0.1, -0.05) is 0 Å². The van der Waals surface area contributed by atoms with E-state index in [-0.39, 0.29) is 17.5 Å². The first kappa shape index (κ1) is 15.3. The standard InChI is InChI=1S/C16H25FN2O/c1-11-8-15(13(12(2)18)9-14(11)17)19-7-5-6-16(3,10-19)20-4/h8-9,12H,5-7,10,18H2,1-4H3/t12-,16?/m0/s1. The number of anilines is 1. The van der Waals surface area contributed by atoms with Crippen molar-refractivity contribution in [2.24, 2.45) is 5.73 Å². The average Bonchev–Trinajstić information content (AvgIpc) is 2.41. The zero-order valence-corrected chi connectivity index (χ0v) is 12.9. The van der Waals surface area contributed by atoms with Gasteiger partial charge in [0.2, 0.25) is 0 Å². The molecule has 4 heteroatoms. The van der Waals surface area contributed by atoms with Gasteiger partial charge in [0, 0.05) is 31.9 Å². The molecule has 20 heavy (non-hydrogen) atoms. The number of aryl methyl sites for hydroxylation is 1. The molecule has 0 amide bonds. The van der Waals surface area contributed by atoms with E-state index in [9.17, 15) is 4.39 Å². The predicted octanol–water partition coefficient (Wildman–Crippen LogP) is 3.16. The van der Waals surface area contributed by atoms with Gasteiger partial charge in [-0.15, -0.1) is 0 Å². The molecule has 2 atom stereocenters. The van der Waals surface area contributed by atoms with Crippen molar-refractivity contribution < 1.29 is 9.13 Å². The maximum absolute atomic E-state index is 13.8. The fourth-order valence-corrected chi connectivity index (χ4v) is 2.90. The van der Waals surface area contributed by atoms with Crippen LogP contribution in [0.15, 0.2) is 12.1 Å². The van der Waals surface area contributed by atoms with Crippen LogP contribution in [0.4, 0.5) is 10.1 Å². The Morgan fingerprint density at radius 2 is 2.15 bits per heavy atom. The van der Waals surface area contributed by atoms with E-state index in [2.05, 4.69) is 11.8 Å². The normalized spacial score (nSPS) is 24.8. The van der Waals surface area contributed by atoms with Crippen molar-refractivity contribution in [3.8, 4) is 0 Å². The number of nitrogens with two attached hydrogens (primary N) is 1. The maximum Gasteiger partial charge on any atom is 0.126 e. The van der Waals surface area contributed by atoms with Crippen molar-refractivity contribution in [3.63, 3.8) is 0 Å². The highest BCUT2D eigenvalue weighted by Gasteiger charge is 2.32. The Morgan fingerprint density at radius 1 is 1.45 bits per heavy atom. The second-order valence-electron chi connectivity index (χ2n) is 6.13. The minimum absolute atomic E-state index is 0.143. The molecule has 0 radical (unpaired) electrons. The maximum atomic E-state index is 13.8. The molecule has 0 aliphatic carbocycles. The Bertz CT molecular complexity index is 490. The number of methoxy groups -OCH3 is 1. The number of piperidine rings is 1. The molecule has 2 rings (SSSR count). The summed E-state index contributed by atoms with van der Waals surface area (Å²) >= 11 is 0. The van der Waals surface area contributed by atoms with E-state index in [0.29, 0.717) is 5.56 Å². The van der Waals surface area contributed by atoms with Gasteiger partial charge in [0.15, 0.2) is 0 Å². The molecule has 1 aliphatic rings.